The van der Waals surface area contributed by atoms with Crippen LogP contribution in [0.5, 0.6) is 0 Å². The van der Waals surface area contributed by atoms with Crippen molar-refractivity contribution in [1.29, 1.82) is 0 Å². The SMILES string of the molecule is O=C(c1cccc(Cl)c1F)N1CCN(Cc2cc(C3CCN(CC4CCN(c5ccccc5)CC4)CC3)cc(Nc3nccs3)n2)CC1. The van der Waals surface area contributed by atoms with Crippen LogP contribution in [0.2, 0.25) is 5.02 Å². The van der Waals surface area contributed by atoms with Crippen molar-refractivity contribution in [2.24, 2.45) is 5.92 Å². The van der Waals surface area contributed by atoms with Crippen LogP contribution in [0.4, 0.5) is 21.0 Å². The lowest BCUT2D eigenvalue weighted by Crippen LogP contribution is -2.48. The lowest BCUT2D eigenvalue weighted by molar-refractivity contribution is 0.0622. The van der Waals surface area contributed by atoms with E-state index in [2.05, 4.69) is 67.5 Å². The van der Waals surface area contributed by atoms with E-state index in [0.29, 0.717) is 38.6 Å². The highest BCUT2D eigenvalue weighted by atomic mass is 35.5. The van der Waals surface area contributed by atoms with Crippen molar-refractivity contribution >= 4 is 45.5 Å². The van der Waals surface area contributed by atoms with Gasteiger partial charge in [0.05, 0.1) is 16.3 Å². The molecule has 3 aliphatic rings. The summed E-state index contributed by atoms with van der Waals surface area (Å²) >= 11 is 7.50. The number of benzene rings is 2. The Morgan fingerprint density at radius 1 is 0.896 bits per heavy atom. The summed E-state index contributed by atoms with van der Waals surface area (Å²) in [5.74, 6) is 1.12. The van der Waals surface area contributed by atoms with Gasteiger partial charge in [-0.3, -0.25) is 9.69 Å². The highest BCUT2D eigenvalue weighted by Gasteiger charge is 2.28. The quantitative estimate of drug-likeness (QED) is 0.201. The Hall–Kier alpha value is -3.57. The molecule has 0 unspecified atom stereocenters. The van der Waals surface area contributed by atoms with Crippen molar-refractivity contribution in [2.75, 3.05) is 69.1 Å². The predicted molar refractivity (Wildman–Crippen MR) is 192 cm³/mol. The van der Waals surface area contributed by atoms with Gasteiger partial charge in [-0.25, -0.2) is 14.4 Å². The van der Waals surface area contributed by atoms with Gasteiger partial charge in [-0.2, -0.15) is 0 Å². The zero-order chi connectivity index (χ0) is 32.9. The molecule has 1 amide bonds. The minimum atomic E-state index is -0.650. The van der Waals surface area contributed by atoms with E-state index in [9.17, 15) is 9.18 Å². The largest absolute Gasteiger partial charge is 0.372 e. The van der Waals surface area contributed by atoms with Crippen LogP contribution in [0, 0.1) is 11.7 Å². The zero-order valence-electron chi connectivity index (χ0n) is 27.2. The number of nitrogens with one attached hydrogen (secondary N) is 1. The normalized spacial score (nSPS) is 18.7. The number of carbonyl (C=O) groups is 1. The Kier molecular flexibility index (Phi) is 10.5. The average molecular weight is 688 g/mol. The van der Waals surface area contributed by atoms with Crippen LogP contribution in [-0.4, -0.2) is 89.5 Å². The number of likely N-dealkylation sites (tertiary alicyclic amines) is 1. The minimum absolute atomic E-state index is 0.0295. The van der Waals surface area contributed by atoms with E-state index < -0.39 is 5.82 Å². The zero-order valence-corrected chi connectivity index (χ0v) is 28.8. The van der Waals surface area contributed by atoms with Gasteiger partial charge in [-0.1, -0.05) is 35.9 Å². The molecule has 252 valence electrons. The molecular weight excluding hydrogens is 645 g/mol. The standard InChI is InChI=1S/C37H43ClFN7OS/c38-33-8-4-7-32(35(33)39)36(47)46-20-18-44(19-21-46)26-30-23-29(24-34(41-30)42-37-40-13-22-48-37)28-11-14-43(15-12-28)25-27-9-16-45(17-10-27)31-5-2-1-3-6-31/h1-8,13,22-24,27-28H,9-12,14-21,25-26H2,(H,40,41,42). The number of para-hydroxylation sites is 1. The van der Waals surface area contributed by atoms with Crippen molar-refractivity contribution in [3.63, 3.8) is 0 Å². The second-order valence-corrected chi connectivity index (χ2v) is 14.6. The fourth-order valence-electron chi connectivity index (χ4n) is 7.39. The maximum Gasteiger partial charge on any atom is 0.256 e. The summed E-state index contributed by atoms with van der Waals surface area (Å²) in [5.41, 5.74) is 3.72. The van der Waals surface area contributed by atoms with E-state index in [1.54, 1.807) is 28.5 Å². The number of pyridine rings is 1. The second-order valence-electron chi connectivity index (χ2n) is 13.2. The number of piperazine rings is 1. The van der Waals surface area contributed by atoms with Crippen LogP contribution >= 0.6 is 22.9 Å². The topological polar surface area (TPSA) is 67.8 Å². The molecule has 2 aromatic heterocycles. The van der Waals surface area contributed by atoms with Crippen LogP contribution in [0.1, 0.15) is 53.2 Å². The maximum absolute atomic E-state index is 14.5. The monoisotopic (exact) mass is 687 g/mol. The molecule has 1 N–H and O–H groups in total. The van der Waals surface area contributed by atoms with Gasteiger partial charge in [0.2, 0.25) is 0 Å². The van der Waals surface area contributed by atoms with Crippen molar-refractivity contribution in [3.8, 4) is 0 Å². The molecule has 3 fully saturated rings. The van der Waals surface area contributed by atoms with Gasteiger partial charge in [0.1, 0.15) is 5.82 Å². The molecular formula is C37H43ClFN7OS. The molecule has 5 heterocycles. The first-order valence-electron chi connectivity index (χ1n) is 17.1. The van der Waals surface area contributed by atoms with Gasteiger partial charge in [0, 0.05) is 69.6 Å². The maximum atomic E-state index is 14.5. The van der Waals surface area contributed by atoms with Gasteiger partial charge in [0.25, 0.3) is 5.91 Å². The van der Waals surface area contributed by atoms with Gasteiger partial charge in [-0.05, 0) is 92.6 Å². The van der Waals surface area contributed by atoms with E-state index in [1.807, 2.05) is 5.38 Å². The van der Waals surface area contributed by atoms with Crippen LogP contribution in [0.3, 0.4) is 0 Å². The van der Waals surface area contributed by atoms with Crippen molar-refractivity contribution in [2.45, 2.75) is 38.1 Å². The molecule has 48 heavy (non-hydrogen) atoms. The number of anilines is 3. The molecule has 2 aromatic carbocycles. The molecule has 0 aliphatic carbocycles. The van der Waals surface area contributed by atoms with E-state index in [4.69, 9.17) is 16.6 Å². The highest BCUT2D eigenvalue weighted by molar-refractivity contribution is 7.13. The van der Waals surface area contributed by atoms with Crippen molar-refractivity contribution in [1.82, 2.24) is 24.7 Å². The molecule has 0 atom stereocenters. The van der Waals surface area contributed by atoms with Crippen LogP contribution in [-0.2, 0) is 6.54 Å². The third-order valence-corrected chi connectivity index (χ3v) is 11.1. The number of hydrogen-bond acceptors (Lipinski definition) is 8. The van der Waals surface area contributed by atoms with Gasteiger partial charge in [0.15, 0.2) is 10.9 Å². The molecule has 0 spiro atoms. The van der Waals surface area contributed by atoms with Crippen LogP contribution in [0.15, 0.2) is 72.2 Å². The molecule has 3 saturated heterocycles. The summed E-state index contributed by atoms with van der Waals surface area (Å²) in [5, 5.41) is 6.20. The Labute approximate surface area is 291 Å². The first-order chi connectivity index (χ1) is 23.5. The summed E-state index contributed by atoms with van der Waals surface area (Å²) in [4.78, 5) is 31.7. The third kappa shape index (κ3) is 8.00. The predicted octanol–water partition coefficient (Wildman–Crippen LogP) is 7.13. The van der Waals surface area contributed by atoms with E-state index >= 15 is 0 Å². The van der Waals surface area contributed by atoms with Gasteiger partial charge < -0.3 is 20.0 Å². The van der Waals surface area contributed by atoms with E-state index in [-0.39, 0.29) is 16.5 Å². The molecule has 8 nitrogen and oxygen atoms in total. The fraction of sp³-hybridized carbons (Fsp3) is 0.432. The molecule has 0 saturated carbocycles. The average Bonchev–Trinajstić information content (AvgIpc) is 3.63. The van der Waals surface area contributed by atoms with E-state index in [1.165, 1.54) is 42.8 Å². The number of thiazole rings is 1. The Morgan fingerprint density at radius 2 is 1.67 bits per heavy atom. The molecule has 7 rings (SSSR count). The summed E-state index contributed by atoms with van der Waals surface area (Å²) < 4.78 is 14.5. The van der Waals surface area contributed by atoms with Gasteiger partial charge >= 0.3 is 0 Å². The molecule has 0 radical (unpaired) electrons. The summed E-state index contributed by atoms with van der Waals surface area (Å²) in [6, 6.07) is 19.9. The summed E-state index contributed by atoms with van der Waals surface area (Å²) in [7, 11) is 0. The molecule has 4 aromatic rings. The Balaban J connectivity index is 0.951. The van der Waals surface area contributed by atoms with Crippen molar-refractivity contribution in [3.05, 3.63) is 99.9 Å². The minimum Gasteiger partial charge on any atom is -0.372 e. The first-order valence-corrected chi connectivity index (χ1v) is 18.4. The number of rotatable bonds is 9. The van der Waals surface area contributed by atoms with Crippen molar-refractivity contribution < 1.29 is 9.18 Å². The first kappa shape index (κ1) is 33.0. The molecule has 0 bridgehead atoms. The van der Waals surface area contributed by atoms with Crippen LogP contribution in [0.25, 0.3) is 0 Å². The third-order valence-electron chi connectivity index (χ3n) is 10.1. The summed E-state index contributed by atoms with van der Waals surface area (Å²) in [6.45, 7) is 8.86. The smallest absolute Gasteiger partial charge is 0.256 e. The highest BCUT2D eigenvalue weighted by Crippen LogP contribution is 2.33. The summed E-state index contributed by atoms with van der Waals surface area (Å²) in [6.07, 6.45) is 6.60. The number of nitrogens with zero attached hydrogens (tertiary/aromatic N) is 6. The number of aromatic nitrogens is 2. The second kappa shape index (κ2) is 15.3. The van der Waals surface area contributed by atoms with E-state index in [0.717, 1.165) is 61.6 Å². The fourth-order valence-corrected chi connectivity index (χ4v) is 8.10. The number of halogens is 2. The lowest BCUT2D eigenvalue weighted by atomic mass is 9.88. The molecule has 3 aliphatic heterocycles. The van der Waals surface area contributed by atoms with Gasteiger partial charge in [-0.15, -0.1) is 11.3 Å². The number of amides is 1. The van der Waals surface area contributed by atoms with Crippen LogP contribution < -0.4 is 10.2 Å². The number of carbonyl (C=O) groups excluding carboxylic acids is 1. The lowest BCUT2D eigenvalue weighted by Gasteiger charge is -2.38. The number of hydrogen-bond donors (Lipinski definition) is 1. The number of piperidine rings is 2. The Bertz CT molecular complexity index is 1650. The molecule has 11 heteroatoms. The Morgan fingerprint density at radius 3 is 2.40 bits per heavy atom.